The molecule has 0 radical (unpaired) electrons. The number of carbonyl (C=O) groups excluding carboxylic acids is 1. The van der Waals surface area contributed by atoms with Crippen LogP contribution in [0, 0.1) is 5.92 Å². The Hall–Kier alpha value is -0.730. The van der Waals surface area contributed by atoms with E-state index in [-0.39, 0.29) is 12.3 Å². The molecular formula is C15H19Cl2NO. The second-order valence-electron chi connectivity index (χ2n) is 5.31. The Morgan fingerprint density at radius 2 is 1.89 bits per heavy atom. The van der Waals surface area contributed by atoms with Crippen molar-refractivity contribution in [3.05, 3.63) is 33.8 Å². The SMILES string of the molecule is C[C@@H]1CCCC[C@@H]1NC(=O)Cc1c(Cl)cccc1Cl. The van der Waals surface area contributed by atoms with Crippen molar-refractivity contribution < 1.29 is 4.79 Å². The highest BCUT2D eigenvalue weighted by molar-refractivity contribution is 6.36. The van der Waals surface area contributed by atoms with Gasteiger partial charge in [-0.15, -0.1) is 0 Å². The number of carbonyl (C=O) groups is 1. The molecule has 0 aromatic heterocycles. The van der Waals surface area contributed by atoms with Crippen LogP contribution in [-0.4, -0.2) is 11.9 Å². The second kappa shape index (κ2) is 6.62. The maximum Gasteiger partial charge on any atom is 0.224 e. The number of rotatable bonds is 3. The van der Waals surface area contributed by atoms with Crippen LogP contribution in [0.5, 0.6) is 0 Å². The summed E-state index contributed by atoms with van der Waals surface area (Å²) in [5.41, 5.74) is 0.715. The van der Waals surface area contributed by atoms with Gasteiger partial charge in [-0.05, 0) is 36.5 Å². The predicted molar refractivity (Wildman–Crippen MR) is 79.7 cm³/mol. The fourth-order valence-corrected chi connectivity index (χ4v) is 3.18. The Bertz CT molecular complexity index is 441. The molecule has 19 heavy (non-hydrogen) atoms. The minimum absolute atomic E-state index is 0.00810. The van der Waals surface area contributed by atoms with Gasteiger partial charge < -0.3 is 5.32 Å². The molecule has 1 saturated carbocycles. The van der Waals surface area contributed by atoms with E-state index >= 15 is 0 Å². The molecule has 0 aliphatic heterocycles. The molecule has 1 aliphatic rings. The molecule has 1 aliphatic carbocycles. The zero-order valence-corrected chi connectivity index (χ0v) is 12.6. The number of hydrogen-bond acceptors (Lipinski definition) is 1. The molecule has 1 aromatic carbocycles. The topological polar surface area (TPSA) is 29.1 Å². The molecule has 1 amide bonds. The van der Waals surface area contributed by atoms with Gasteiger partial charge in [-0.3, -0.25) is 4.79 Å². The number of nitrogens with one attached hydrogen (secondary N) is 1. The summed E-state index contributed by atoms with van der Waals surface area (Å²) < 4.78 is 0. The molecule has 0 spiro atoms. The molecule has 2 atom stereocenters. The van der Waals surface area contributed by atoms with E-state index in [1.54, 1.807) is 18.2 Å². The van der Waals surface area contributed by atoms with Gasteiger partial charge in [0.05, 0.1) is 6.42 Å². The lowest BCUT2D eigenvalue weighted by Crippen LogP contribution is -2.41. The number of amides is 1. The molecule has 0 bridgehead atoms. The van der Waals surface area contributed by atoms with Crippen LogP contribution in [0.25, 0.3) is 0 Å². The molecule has 0 heterocycles. The first-order valence-electron chi connectivity index (χ1n) is 6.80. The zero-order chi connectivity index (χ0) is 13.8. The van der Waals surface area contributed by atoms with Crippen LogP contribution < -0.4 is 5.32 Å². The van der Waals surface area contributed by atoms with E-state index in [1.165, 1.54) is 19.3 Å². The predicted octanol–water partition coefficient (Wildman–Crippen LogP) is 4.23. The van der Waals surface area contributed by atoms with Crippen molar-refractivity contribution in [2.24, 2.45) is 5.92 Å². The van der Waals surface area contributed by atoms with Crippen molar-refractivity contribution >= 4 is 29.1 Å². The molecule has 0 saturated heterocycles. The maximum absolute atomic E-state index is 12.1. The third-order valence-corrected chi connectivity index (χ3v) is 4.57. The van der Waals surface area contributed by atoms with Crippen LogP contribution >= 0.6 is 23.2 Å². The first-order valence-corrected chi connectivity index (χ1v) is 7.55. The minimum Gasteiger partial charge on any atom is -0.353 e. The lowest BCUT2D eigenvalue weighted by molar-refractivity contribution is -0.121. The number of hydrogen-bond donors (Lipinski definition) is 1. The fraction of sp³-hybridized carbons (Fsp3) is 0.533. The zero-order valence-electron chi connectivity index (χ0n) is 11.1. The Morgan fingerprint density at radius 1 is 1.26 bits per heavy atom. The lowest BCUT2D eigenvalue weighted by Gasteiger charge is -2.29. The summed E-state index contributed by atoms with van der Waals surface area (Å²) in [5.74, 6) is 0.563. The van der Waals surface area contributed by atoms with Gasteiger partial charge in [0.25, 0.3) is 0 Å². The van der Waals surface area contributed by atoms with Crippen LogP contribution in [0.3, 0.4) is 0 Å². The van der Waals surface area contributed by atoms with Gasteiger partial charge in [0, 0.05) is 16.1 Å². The molecular weight excluding hydrogens is 281 g/mol. The van der Waals surface area contributed by atoms with Crippen LogP contribution in [0.1, 0.15) is 38.2 Å². The first-order chi connectivity index (χ1) is 9.08. The van der Waals surface area contributed by atoms with Crippen LogP contribution in [0.4, 0.5) is 0 Å². The van der Waals surface area contributed by atoms with E-state index in [1.807, 2.05) is 0 Å². The van der Waals surface area contributed by atoms with Gasteiger partial charge in [-0.2, -0.15) is 0 Å². The molecule has 1 fully saturated rings. The standard InChI is InChI=1S/C15H19Cl2NO/c1-10-5-2-3-8-14(10)18-15(19)9-11-12(16)6-4-7-13(11)17/h4,6-7,10,14H,2-3,5,8-9H2,1H3,(H,18,19)/t10-,14+/m1/s1. The van der Waals surface area contributed by atoms with Gasteiger partial charge in [0.15, 0.2) is 0 Å². The summed E-state index contributed by atoms with van der Waals surface area (Å²) in [5, 5.41) is 4.23. The highest BCUT2D eigenvalue weighted by Gasteiger charge is 2.23. The molecule has 104 valence electrons. The number of halogens is 2. The second-order valence-corrected chi connectivity index (χ2v) is 6.13. The van der Waals surface area contributed by atoms with Gasteiger partial charge in [-0.1, -0.05) is 49.0 Å². The van der Waals surface area contributed by atoms with Crippen molar-refractivity contribution in [2.45, 2.75) is 45.1 Å². The quantitative estimate of drug-likeness (QED) is 0.889. The Labute approximate surface area is 124 Å². The average Bonchev–Trinajstić information content (AvgIpc) is 2.37. The molecule has 2 rings (SSSR count). The van der Waals surface area contributed by atoms with Gasteiger partial charge in [-0.25, -0.2) is 0 Å². The van der Waals surface area contributed by atoms with E-state index < -0.39 is 0 Å². The van der Waals surface area contributed by atoms with Gasteiger partial charge in [0.2, 0.25) is 5.91 Å². The van der Waals surface area contributed by atoms with Crippen molar-refractivity contribution in [1.82, 2.24) is 5.32 Å². The molecule has 1 aromatic rings. The summed E-state index contributed by atoms with van der Waals surface area (Å²) in [6.45, 7) is 2.20. The highest BCUT2D eigenvalue weighted by Crippen LogP contribution is 2.26. The van der Waals surface area contributed by atoms with E-state index in [0.717, 1.165) is 6.42 Å². The summed E-state index contributed by atoms with van der Waals surface area (Å²) in [7, 11) is 0. The lowest BCUT2D eigenvalue weighted by atomic mass is 9.86. The fourth-order valence-electron chi connectivity index (χ4n) is 2.65. The third kappa shape index (κ3) is 3.87. The summed E-state index contributed by atoms with van der Waals surface area (Å²) in [6, 6.07) is 5.61. The number of benzene rings is 1. The smallest absolute Gasteiger partial charge is 0.224 e. The normalized spacial score (nSPS) is 23.1. The van der Waals surface area contributed by atoms with Gasteiger partial charge >= 0.3 is 0 Å². The largest absolute Gasteiger partial charge is 0.353 e. The van der Waals surface area contributed by atoms with Crippen molar-refractivity contribution in [2.75, 3.05) is 0 Å². The molecule has 2 nitrogen and oxygen atoms in total. The van der Waals surface area contributed by atoms with Crippen molar-refractivity contribution in [3.63, 3.8) is 0 Å². The first kappa shape index (κ1) is 14.7. The van der Waals surface area contributed by atoms with Gasteiger partial charge in [0.1, 0.15) is 0 Å². The van der Waals surface area contributed by atoms with E-state index in [9.17, 15) is 4.79 Å². The van der Waals surface area contributed by atoms with Crippen molar-refractivity contribution in [3.8, 4) is 0 Å². The van der Waals surface area contributed by atoms with E-state index in [4.69, 9.17) is 23.2 Å². The van der Waals surface area contributed by atoms with E-state index in [0.29, 0.717) is 27.6 Å². The maximum atomic E-state index is 12.1. The molecule has 4 heteroatoms. The van der Waals surface area contributed by atoms with E-state index in [2.05, 4.69) is 12.2 Å². The third-order valence-electron chi connectivity index (χ3n) is 3.86. The van der Waals surface area contributed by atoms with Crippen LogP contribution in [0.2, 0.25) is 10.0 Å². The summed E-state index contributed by atoms with van der Waals surface area (Å²) >= 11 is 12.2. The Morgan fingerprint density at radius 3 is 2.53 bits per heavy atom. The Balaban J connectivity index is 1.97. The highest BCUT2D eigenvalue weighted by atomic mass is 35.5. The molecule has 1 N–H and O–H groups in total. The average molecular weight is 300 g/mol. The van der Waals surface area contributed by atoms with Crippen LogP contribution in [0.15, 0.2) is 18.2 Å². The summed E-state index contributed by atoms with van der Waals surface area (Å²) in [6.07, 6.45) is 4.98. The molecule has 0 unspecified atom stereocenters. The van der Waals surface area contributed by atoms with Crippen molar-refractivity contribution in [1.29, 1.82) is 0 Å². The summed E-state index contributed by atoms with van der Waals surface area (Å²) in [4.78, 5) is 12.1. The van der Waals surface area contributed by atoms with Crippen LogP contribution in [-0.2, 0) is 11.2 Å². The monoisotopic (exact) mass is 299 g/mol. The minimum atomic E-state index is 0.00810. The Kier molecular flexibility index (Phi) is 5.12.